The summed E-state index contributed by atoms with van der Waals surface area (Å²) in [5, 5.41) is 9.70. The van der Waals surface area contributed by atoms with Crippen molar-refractivity contribution in [3.05, 3.63) is 36.4 Å². The zero-order valence-electron chi connectivity index (χ0n) is 9.78. The smallest absolute Gasteiger partial charge is 0.335 e. The first-order valence-electron chi connectivity index (χ1n) is 5.02. The van der Waals surface area contributed by atoms with E-state index in [-0.39, 0.29) is 11.2 Å². The Bertz CT molecular complexity index is 414. The topological polar surface area (TPSA) is 46.5 Å². The van der Waals surface area contributed by atoms with Gasteiger partial charge in [0.05, 0.1) is 0 Å². The van der Waals surface area contributed by atoms with Crippen molar-refractivity contribution in [1.82, 2.24) is 0 Å². The van der Waals surface area contributed by atoms with Gasteiger partial charge in [0.1, 0.15) is 11.5 Å². The molecule has 0 atom stereocenters. The molecule has 86 valence electrons. The Kier molecular flexibility index (Phi) is 3.38. The van der Waals surface area contributed by atoms with Gasteiger partial charge in [-0.05, 0) is 23.6 Å². The summed E-state index contributed by atoms with van der Waals surface area (Å²) < 4.78 is 4.99. The number of carbonyl (C=O) groups excluding carboxylic acids is 1. The van der Waals surface area contributed by atoms with E-state index in [2.05, 4.69) is 6.58 Å². The van der Waals surface area contributed by atoms with Gasteiger partial charge in [0.15, 0.2) is 0 Å². The molecule has 16 heavy (non-hydrogen) atoms. The third kappa shape index (κ3) is 2.86. The Morgan fingerprint density at radius 2 is 2.06 bits per heavy atom. The monoisotopic (exact) mass is 220 g/mol. The molecule has 0 saturated carbocycles. The van der Waals surface area contributed by atoms with Crippen molar-refractivity contribution < 1.29 is 14.6 Å². The molecule has 1 N–H and O–H groups in total. The number of phenolic OH excluding ortho intramolecular Hbond substituents is 1. The first-order chi connectivity index (χ1) is 7.34. The highest BCUT2D eigenvalue weighted by atomic mass is 16.5. The number of carbonyl (C=O) groups is 1. The van der Waals surface area contributed by atoms with Crippen LogP contribution in [0, 0.1) is 0 Å². The highest BCUT2D eigenvalue weighted by Crippen LogP contribution is 2.33. The van der Waals surface area contributed by atoms with Gasteiger partial charge in [0, 0.05) is 11.6 Å². The molecule has 0 aliphatic heterocycles. The number of hydrogen-bond acceptors (Lipinski definition) is 3. The molecule has 0 heterocycles. The van der Waals surface area contributed by atoms with Gasteiger partial charge in [-0.25, -0.2) is 4.79 Å². The fourth-order valence-electron chi connectivity index (χ4n) is 1.34. The van der Waals surface area contributed by atoms with Gasteiger partial charge in [-0.15, -0.1) is 0 Å². The highest BCUT2D eigenvalue weighted by molar-refractivity contribution is 5.83. The van der Waals surface area contributed by atoms with Crippen LogP contribution < -0.4 is 4.74 Å². The van der Waals surface area contributed by atoms with Crippen molar-refractivity contribution >= 4 is 5.97 Å². The molecule has 3 nitrogen and oxygen atoms in total. The van der Waals surface area contributed by atoms with Crippen molar-refractivity contribution in [1.29, 1.82) is 0 Å². The van der Waals surface area contributed by atoms with Gasteiger partial charge in [0.25, 0.3) is 0 Å². The van der Waals surface area contributed by atoms with Gasteiger partial charge in [-0.3, -0.25) is 0 Å². The number of ether oxygens (including phenoxy) is 1. The van der Waals surface area contributed by atoms with E-state index in [1.807, 2.05) is 20.8 Å². The molecule has 1 aromatic carbocycles. The predicted octanol–water partition coefficient (Wildman–Crippen LogP) is 2.78. The average molecular weight is 220 g/mol. The molecule has 0 bridgehead atoms. The normalized spacial score (nSPS) is 10.9. The fourth-order valence-corrected chi connectivity index (χ4v) is 1.34. The summed E-state index contributed by atoms with van der Waals surface area (Å²) >= 11 is 0. The second-order valence-corrected chi connectivity index (χ2v) is 4.55. The summed E-state index contributed by atoms with van der Waals surface area (Å²) in [5.74, 6) is 0.101. The summed E-state index contributed by atoms with van der Waals surface area (Å²) in [5.41, 5.74) is 0.530. The van der Waals surface area contributed by atoms with E-state index >= 15 is 0 Å². The van der Waals surface area contributed by atoms with Crippen LogP contribution in [0.5, 0.6) is 11.5 Å². The van der Waals surface area contributed by atoms with Crippen molar-refractivity contribution in [3.8, 4) is 11.5 Å². The Morgan fingerprint density at radius 1 is 1.44 bits per heavy atom. The number of benzene rings is 1. The van der Waals surface area contributed by atoms with Crippen molar-refractivity contribution in [2.75, 3.05) is 0 Å². The maximum Gasteiger partial charge on any atom is 0.335 e. The molecule has 3 heteroatoms. The molecule has 0 aliphatic rings. The number of aromatic hydroxyl groups is 1. The van der Waals surface area contributed by atoms with Gasteiger partial charge in [-0.2, -0.15) is 0 Å². The lowest BCUT2D eigenvalue weighted by molar-refractivity contribution is -0.128. The molecule has 0 aromatic heterocycles. The Morgan fingerprint density at radius 3 is 2.56 bits per heavy atom. The van der Waals surface area contributed by atoms with E-state index in [0.717, 1.165) is 11.6 Å². The zero-order chi connectivity index (χ0) is 12.3. The summed E-state index contributed by atoms with van der Waals surface area (Å²) in [6.07, 6.45) is 1.10. The van der Waals surface area contributed by atoms with Crippen molar-refractivity contribution in [2.45, 2.75) is 26.2 Å². The molecule has 0 aliphatic carbocycles. The van der Waals surface area contributed by atoms with E-state index in [1.165, 1.54) is 6.07 Å². The van der Waals surface area contributed by atoms with Crippen LogP contribution in [0.25, 0.3) is 0 Å². The van der Waals surface area contributed by atoms with E-state index in [9.17, 15) is 9.90 Å². The lowest BCUT2D eigenvalue weighted by atomic mass is 9.86. The maximum absolute atomic E-state index is 11.0. The SMILES string of the molecule is C=CC(=O)Oc1ccc(O)c(C(C)(C)C)c1. The largest absolute Gasteiger partial charge is 0.508 e. The summed E-state index contributed by atoms with van der Waals surface area (Å²) in [6.45, 7) is 9.24. The van der Waals surface area contributed by atoms with Crippen LogP contribution in [0.2, 0.25) is 0 Å². The van der Waals surface area contributed by atoms with Crippen LogP contribution >= 0.6 is 0 Å². The van der Waals surface area contributed by atoms with Gasteiger partial charge >= 0.3 is 5.97 Å². The second-order valence-electron chi connectivity index (χ2n) is 4.55. The number of rotatable bonds is 2. The van der Waals surface area contributed by atoms with Crippen molar-refractivity contribution in [2.24, 2.45) is 0 Å². The minimum atomic E-state index is -0.509. The molecule has 1 aromatic rings. The second kappa shape index (κ2) is 4.39. The number of hydrogen-bond donors (Lipinski definition) is 1. The molecule has 0 amide bonds. The van der Waals surface area contributed by atoms with E-state index < -0.39 is 5.97 Å². The predicted molar refractivity (Wildman–Crippen MR) is 62.6 cm³/mol. The molecule has 1 rings (SSSR count). The van der Waals surface area contributed by atoms with Crippen LogP contribution in [0.4, 0.5) is 0 Å². The molecule has 0 spiro atoms. The van der Waals surface area contributed by atoms with E-state index in [0.29, 0.717) is 5.75 Å². The summed E-state index contributed by atoms with van der Waals surface area (Å²) in [7, 11) is 0. The molecule has 0 saturated heterocycles. The summed E-state index contributed by atoms with van der Waals surface area (Å²) in [4.78, 5) is 11.0. The summed E-state index contributed by atoms with van der Waals surface area (Å²) in [6, 6.07) is 4.73. The van der Waals surface area contributed by atoms with E-state index in [1.54, 1.807) is 12.1 Å². The maximum atomic E-state index is 11.0. The van der Waals surface area contributed by atoms with Gasteiger partial charge < -0.3 is 9.84 Å². The number of phenols is 1. The van der Waals surface area contributed by atoms with E-state index in [4.69, 9.17) is 4.74 Å². The van der Waals surface area contributed by atoms with Crippen LogP contribution in [0.3, 0.4) is 0 Å². The van der Waals surface area contributed by atoms with Crippen LogP contribution in [-0.4, -0.2) is 11.1 Å². The van der Waals surface area contributed by atoms with Gasteiger partial charge in [-0.1, -0.05) is 27.4 Å². The van der Waals surface area contributed by atoms with Gasteiger partial charge in [0.2, 0.25) is 0 Å². The quantitative estimate of drug-likeness (QED) is 0.473. The molecular weight excluding hydrogens is 204 g/mol. The minimum Gasteiger partial charge on any atom is -0.508 e. The zero-order valence-corrected chi connectivity index (χ0v) is 9.78. The molecule has 0 fully saturated rings. The molecule has 0 unspecified atom stereocenters. The minimum absolute atomic E-state index is 0.200. The Hall–Kier alpha value is -1.77. The van der Waals surface area contributed by atoms with Crippen LogP contribution in [0.15, 0.2) is 30.9 Å². The number of esters is 1. The lowest BCUT2D eigenvalue weighted by Crippen LogP contribution is -2.12. The average Bonchev–Trinajstić information content (AvgIpc) is 2.19. The van der Waals surface area contributed by atoms with Crippen molar-refractivity contribution in [3.63, 3.8) is 0 Å². The standard InChI is InChI=1S/C13H16O3/c1-5-12(15)16-9-6-7-11(14)10(8-9)13(2,3)4/h5-8,14H,1H2,2-4H3. The van der Waals surface area contributed by atoms with Crippen LogP contribution in [0.1, 0.15) is 26.3 Å². The highest BCUT2D eigenvalue weighted by Gasteiger charge is 2.19. The lowest BCUT2D eigenvalue weighted by Gasteiger charge is -2.20. The Balaban J connectivity index is 3.08. The van der Waals surface area contributed by atoms with Crippen LogP contribution in [-0.2, 0) is 10.2 Å². The fraction of sp³-hybridized carbons (Fsp3) is 0.308. The first kappa shape index (κ1) is 12.3. The molecular formula is C13H16O3. The molecule has 0 radical (unpaired) electrons. The third-order valence-electron chi connectivity index (χ3n) is 2.16. The third-order valence-corrected chi connectivity index (χ3v) is 2.16. The Labute approximate surface area is 95.4 Å². The first-order valence-corrected chi connectivity index (χ1v) is 5.02.